The molecule has 164 valence electrons. The fourth-order valence-electron chi connectivity index (χ4n) is 3.60. The van der Waals surface area contributed by atoms with Gasteiger partial charge in [0.25, 0.3) is 0 Å². The van der Waals surface area contributed by atoms with Crippen LogP contribution in [0.5, 0.6) is 0 Å². The van der Waals surface area contributed by atoms with Crippen molar-refractivity contribution < 1.29 is 13.6 Å². The maximum Gasteiger partial charge on any atom is 0.240 e. The number of carbonyl (C=O) groups excluding carboxylic acids is 1. The number of hydrogen-bond donors (Lipinski definition) is 2. The first-order valence-corrected chi connectivity index (χ1v) is 9.91. The first kappa shape index (κ1) is 20.0. The molecule has 10 nitrogen and oxygen atoms in total. The van der Waals surface area contributed by atoms with Crippen molar-refractivity contribution in [1.82, 2.24) is 34.8 Å². The number of anilines is 3. The van der Waals surface area contributed by atoms with Crippen molar-refractivity contribution >= 4 is 34.3 Å². The molecule has 0 bridgehead atoms. The minimum Gasteiger partial charge on any atom is -0.321 e. The minimum atomic E-state index is -1.02. The number of benzene rings is 1. The minimum absolute atomic E-state index is 0.0658. The molecule has 4 aromatic rings. The van der Waals surface area contributed by atoms with E-state index in [4.69, 9.17) is 0 Å². The van der Waals surface area contributed by atoms with Gasteiger partial charge in [0.1, 0.15) is 0 Å². The van der Waals surface area contributed by atoms with Crippen molar-refractivity contribution in [3.05, 3.63) is 54.1 Å². The molecule has 1 amide bonds. The van der Waals surface area contributed by atoms with E-state index < -0.39 is 11.6 Å². The lowest BCUT2D eigenvalue weighted by molar-refractivity contribution is -0.118. The lowest BCUT2D eigenvalue weighted by Crippen LogP contribution is -2.48. The Bertz CT molecular complexity index is 1320. The van der Waals surface area contributed by atoms with E-state index in [2.05, 4.69) is 30.8 Å². The Kier molecular flexibility index (Phi) is 4.98. The molecule has 0 saturated carbocycles. The van der Waals surface area contributed by atoms with Crippen LogP contribution in [-0.4, -0.2) is 55.1 Å². The van der Waals surface area contributed by atoms with Crippen molar-refractivity contribution in [2.75, 3.05) is 29.9 Å². The molecule has 0 unspecified atom stereocenters. The van der Waals surface area contributed by atoms with Crippen LogP contribution in [0, 0.1) is 11.6 Å². The predicted molar refractivity (Wildman–Crippen MR) is 112 cm³/mol. The first-order valence-electron chi connectivity index (χ1n) is 9.91. The van der Waals surface area contributed by atoms with Gasteiger partial charge in [-0.15, -0.1) is 0 Å². The molecule has 1 aromatic carbocycles. The van der Waals surface area contributed by atoms with Crippen LogP contribution in [0.1, 0.15) is 5.56 Å². The van der Waals surface area contributed by atoms with Crippen molar-refractivity contribution in [3.63, 3.8) is 0 Å². The molecule has 1 fully saturated rings. The van der Waals surface area contributed by atoms with E-state index in [1.807, 2.05) is 0 Å². The zero-order chi connectivity index (χ0) is 22.2. The summed E-state index contributed by atoms with van der Waals surface area (Å²) in [5.41, 5.74) is 1.54. The molecule has 0 atom stereocenters. The Morgan fingerprint density at radius 2 is 2.06 bits per heavy atom. The van der Waals surface area contributed by atoms with E-state index >= 15 is 0 Å². The second kappa shape index (κ2) is 7.96. The third kappa shape index (κ3) is 3.75. The summed E-state index contributed by atoms with van der Waals surface area (Å²) < 4.78 is 32.1. The lowest BCUT2D eigenvalue weighted by Gasteiger charge is -2.28. The van der Waals surface area contributed by atoms with E-state index in [9.17, 15) is 13.6 Å². The molecule has 5 rings (SSSR count). The first-order chi connectivity index (χ1) is 15.5. The van der Waals surface area contributed by atoms with E-state index in [1.54, 1.807) is 36.5 Å². The van der Waals surface area contributed by atoms with Gasteiger partial charge >= 0.3 is 0 Å². The van der Waals surface area contributed by atoms with Gasteiger partial charge in [0, 0.05) is 49.8 Å². The van der Waals surface area contributed by atoms with E-state index in [-0.39, 0.29) is 24.6 Å². The topological polar surface area (TPSA) is 106 Å². The number of piperazine rings is 1. The number of halogens is 2. The summed E-state index contributed by atoms with van der Waals surface area (Å²) in [6.07, 6.45) is 6.55. The highest BCUT2D eigenvalue weighted by molar-refractivity contribution is 5.95. The van der Waals surface area contributed by atoms with Crippen molar-refractivity contribution in [2.24, 2.45) is 7.05 Å². The van der Waals surface area contributed by atoms with Crippen LogP contribution in [0.4, 0.5) is 26.1 Å². The number of fused-ring (bicyclic) bond motifs is 1. The molecule has 0 aliphatic carbocycles. The SMILES string of the molecule is Cn1cc(Nc2ncc3cnn(Cc4cc(N5CCNCC5=O)cc(F)c4F)c3n2)cn1. The average molecular weight is 439 g/mol. The van der Waals surface area contributed by atoms with Gasteiger partial charge in [0.15, 0.2) is 17.3 Å². The second-order valence-electron chi connectivity index (χ2n) is 7.43. The lowest BCUT2D eigenvalue weighted by atomic mass is 10.1. The van der Waals surface area contributed by atoms with Crippen molar-refractivity contribution in [3.8, 4) is 0 Å². The van der Waals surface area contributed by atoms with Crippen LogP contribution in [-0.2, 0) is 18.4 Å². The monoisotopic (exact) mass is 439 g/mol. The number of rotatable bonds is 5. The van der Waals surface area contributed by atoms with Gasteiger partial charge < -0.3 is 15.5 Å². The van der Waals surface area contributed by atoms with Gasteiger partial charge in [-0.2, -0.15) is 15.2 Å². The number of amides is 1. The standard InChI is InChI=1S/C20H19F2N9O/c1-29-11-14(8-25-29)27-20-24-6-13-7-26-31(19(13)28-20)10-12-4-15(5-16(21)18(12)22)30-3-2-23-9-17(30)32/h4-8,11,23H,2-3,9-10H2,1H3,(H,24,27,28). The third-order valence-electron chi connectivity index (χ3n) is 5.15. The Balaban J connectivity index is 1.47. The van der Waals surface area contributed by atoms with Crippen LogP contribution in [0.25, 0.3) is 11.0 Å². The molecule has 32 heavy (non-hydrogen) atoms. The summed E-state index contributed by atoms with van der Waals surface area (Å²) >= 11 is 0. The summed E-state index contributed by atoms with van der Waals surface area (Å²) in [6.45, 7) is 1.05. The highest BCUT2D eigenvalue weighted by atomic mass is 19.2. The van der Waals surface area contributed by atoms with Gasteiger partial charge in [0.05, 0.1) is 36.6 Å². The maximum absolute atomic E-state index is 14.6. The summed E-state index contributed by atoms with van der Waals surface area (Å²) in [4.78, 5) is 22.3. The molecular formula is C20H19F2N9O. The molecule has 4 heterocycles. The van der Waals surface area contributed by atoms with Gasteiger partial charge in [0.2, 0.25) is 11.9 Å². The van der Waals surface area contributed by atoms with Crippen LogP contribution in [0.15, 0.2) is 36.9 Å². The van der Waals surface area contributed by atoms with Gasteiger partial charge in [-0.3, -0.25) is 9.48 Å². The Hall–Kier alpha value is -3.93. The molecule has 1 aliphatic rings. The number of nitrogens with zero attached hydrogens (tertiary/aromatic N) is 7. The van der Waals surface area contributed by atoms with Crippen LogP contribution in [0.3, 0.4) is 0 Å². The number of carbonyl (C=O) groups is 1. The smallest absolute Gasteiger partial charge is 0.240 e. The zero-order valence-corrected chi connectivity index (χ0v) is 17.1. The van der Waals surface area contributed by atoms with E-state index in [0.717, 1.165) is 6.07 Å². The highest BCUT2D eigenvalue weighted by Gasteiger charge is 2.22. The Morgan fingerprint density at radius 1 is 1.19 bits per heavy atom. The summed E-state index contributed by atoms with van der Waals surface area (Å²) in [5, 5.41) is 15.0. The largest absolute Gasteiger partial charge is 0.321 e. The fourth-order valence-corrected chi connectivity index (χ4v) is 3.60. The quantitative estimate of drug-likeness (QED) is 0.486. The molecule has 1 aliphatic heterocycles. The zero-order valence-electron chi connectivity index (χ0n) is 17.1. The molecular weight excluding hydrogens is 420 g/mol. The Labute approximate surface area is 180 Å². The summed E-state index contributed by atoms with van der Waals surface area (Å²) in [5.74, 6) is -1.88. The van der Waals surface area contributed by atoms with Crippen molar-refractivity contribution in [1.29, 1.82) is 0 Å². The molecule has 0 radical (unpaired) electrons. The molecule has 1 saturated heterocycles. The number of aromatic nitrogens is 6. The van der Waals surface area contributed by atoms with Crippen LogP contribution < -0.4 is 15.5 Å². The molecule has 12 heteroatoms. The van der Waals surface area contributed by atoms with Crippen LogP contribution >= 0.6 is 0 Å². The maximum atomic E-state index is 14.6. The number of hydrogen-bond acceptors (Lipinski definition) is 7. The second-order valence-corrected chi connectivity index (χ2v) is 7.43. The van der Waals surface area contributed by atoms with Gasteiger partial charge in [-0.05, 0) is 6.07 Å². The van der Waals surface area contributed by atoms with Gasteiger partial charge in [-0.25, -0.2) is 18.4 Å². The van der Waals surface area contributed by atoms with E-state index in [1.165, 1.54) is 15.6 Å². The third-order valence-corrected chi connectivity index (χ3v) is 5.15. The number of nitrogens with one attached hydrogen (secondary N) is 2. The highest BCUT2D eigenvalue weighted by Crippen LogP contribution is 2.25. The molecule has 0 spiro atoms. The van der Waals surface area contributed by atoms with Crippen LogP contribution in [0.2, 0.25) is 0 Å². The summed E-state index contributed by atoms with van der Waals surface area (Å²) in [7, 11) is 1.79. The predicted octanol–water partition coefficient (Wildman–Crippen LogP) is 1.57. The van der Waals surface area contributed by atoms with Crippen molar-refractivity contribution in [2.45, 2.75) is 6.54 Å². The molecule has 3 aromatic heterocycles. The summed E-state index contributed by atoms with van der Waals surface area (Å²) in [6, 6.07) is 2.52. The Morgan fingerprint density at radius 3 is 2.84 bits per heavy atom. The molecule has 2 N–H and O–H groups in total. The number of aryl methyl sites for hydroxylation is 1. The fraction of sp³-hybridized carbons (Fsp3) is 0.250. The average Bonchev–Trinajstić information content (AvgIpc) is 3.37. The van der Waals surface area contributed by atoms with E-state index in [0.29, 0.717) is 41.4 Å². The normalized spacial score (nSPS) is 14.3. The van der Waals surface area contributed by atoms with Gasteiger partial charge in [-0.1, -0.05) is 0 Å².